The second kappa shape index (κ2) is 7.19. The average molecular weight is 406 g/mol. The third-order valence-electron chi connectivity index (χ3n) is 2.85. The summed E-state index contributed by atoms with van der Waals surface area (Å²) in [6, 6.07) is 0. The maximum absolute atomic E-state index is 13.5. The standard InChI is InChI=1S/C13H3F13/c14-4(15)2-1-3(12(21,22)23)6(13(24,25)26)5-7(16)9(18)11(20)10(19)8(5)17/h2H,1H2/b6-3-. The van der Waals surface area contributed by atoms with E-state index in [1.54, 1.807) is 0 Å². The fraction of sp³-hybridized carbons (Fsp3) is 0.231. The van der Waals surface area contributed by atoms with Crippen LogP contribution in [0.3, 0.4) is 0 Å². The van der Waals surface area contributed by atoms with E-state index in [0.29, 0.717) is 0 Å². The molecule has 0 atom stereocenters. The molecule has 0 N–H and O–H groups in total. The Labute approximate surface area is 135 Å². The molecular formula is C13H3F13. The number of hydrogen-bond donors (Lipinski definition) is 0. The Kier molecular flexibility index (Phi) is 6.04. The van der Waals surface area contributed by atoms with E-state index in [4.69, 9.17) is 0 Å². The summed E-state index contributed by atoms with van der Waals surface area (Å²) in [6.07, 6.45) is -18.2. The lowest BCUT2D eigenvalue weighted by atomic mass is 9.95. The first kappa shape index (κ1) is 21.8. The van der Waals surface area contributed by atoms with Crippen LogP contribution in [0.25, 0.3) is 5.57 Å². The van der Waals surface area contributed by atoms with Gasteiger partial charge >= 0.3 is 12.4 Å². The van der Waals surface area contributed by atoms with Crippen LogP contribution >= 0.6 is 0 Å². The molecule has 26 heavy (non-hydrogen) atoms. The van der Waals surface area contributed by atoms with Crippen molar-refractivity contribution in [3.8, 4) is 0 Å². The predicted octanol–water partition coefficient (Wildman–Crippen LogP) is 6.43. The highest BCUT2D eigenvalue weighted by atomic mass is 19.4. The Morgan fingerprint density at radius 1 is 0.654 bits per heavy atom. The molecule has 0 saturated heterocycles. The Balaban J connectivity index is 4.08. The Bertz CT molecular complexity index is 731. The first-order chi connectivity index (χ1) is 11.6. The Morgan fingerprint density at radius 3 is 1.35 bits per heavy atom. The van der Waals surface area contributed by atoms with Gasteiger partial charge in [-0.05, 0) is 6.08 Å². The second-order valence-corrected chi connectivity index (χ2v) is 4.49. The lowest BCUT2D eigenvalue weighted by molar-refractivity contribution is -0.102. The van der Waals surface area contributed by atoms with Gasteiger partial charge in [-0.1, -0.05) is 0 Å². The summed E-state index contributed by atoms with van der Waals surface area (Å²) in [5.41, 5.74) is -9.20. The van der Waals surface area contributed by atoms with Crippen molar-refractivity contribution in [3.05, 3.63) is 52.4 Å². The van der Waals surface area contributed by atoms with E-state index >= 15 is 0 Å². The number of halogens is 13. The van der Waals surface area contributed by atoms with Crippen molar-refractivity contribution < 1.29 is 57.1 Å². The van der Waals surface area contributed by atoms with E-state index < -0.39 is 76.7 Å². The summed E-state index contributed by atoms with van der Waals surface area (Å²) in [6.45, 7) is 0. The molecule has 0 aliphatic carbocycles. The van der Waals surface area contributed by atoms with Crippen molar-refractivity contribution in [2.75, 3.05) is 0 Å². The van der Waals surface area contributed by atoms with Gasteiger partial charge in [0.05, 0.1) is 16.7 Å². The van der Waals surface area contributed by atoms with Crippen LogP contribution in [0.5, 0.6) is 0 Å². The molecule has 0 amide bonds. The summed E-state index contributed by atoms with van der Waals surface area (Å²) >= 11 is 0. The molecular weight excluding hydrogens is 403 g/mol. The van der Waals surface area contributed by atoms with Crippen LogP contribution in [0.4, 0.5) is 57.1 Å². The first-order valence-electron chi connectivity index (χ1n) is 6.01. The molecule has 0 aromatic heterocycles. The van der Waals surface area contributed by atoms with Gasteiger partial charge in [0.2, 0.25) is 5.82 Å². The van der Waals surface area contributed by atoms with Crippen LogP contribution in [-0.2, 0) is 0 Å². The largest absolute Gasteiger partial charge is 0.417 e. The van der Waals surface area contributed by atoms with Gasteiger partial charge in [-0.2, -0.15) is 35.1 Å². The van der Waals surface area contributed by atoms with Crippen molar-refractivity contribution >= 4 is 5.57 Å². The van der Waals surface area contributed by atoms with Crippen LogP contribution < -0.4 is 0 Å². The summed E-state index contributed by atoms with van der Waals surface area (Å²) in [4.78, 5) is 0. The van der Waals surface area contributed by atoms with Gasteiger partial charge in [-0.15, -0.1) is 0 Å². The summed E-state index contributed by atoms with van der Waals surface area (Å²) in [5, 5.41) is 0. The zero-order valence-corrected chi connectivity index (χ0v) is 11.7. The molecule has 1 aromatic carbocycles. The van der Waals surface area contributed by atoms with Gasteiger partial charge < -0.3 is 0 Å². The lowest BCUT2D eigenvalue weighted by Crippen LogP contribution is -2.24. The number of hydrogen-bond acceptors (Lipinski definition) is 0. The van der Waals surface area contributed by atoms with Gasteiger partial charge in [0, 0.05) is 6.42 Å². The molecule has 0 spiro atoms. The fourth-order valence-corrected chi connectivity index (χ4v) is 1.83. The van der Waals surface area contributed by atoms with Gasteiger partial charge in [-0.25, -0.2) is 22.0 Å². The highest BCUT2D eigenvalue weighted by molar-refractivity contribution is 5.74. The maximum atomic E-state index is 13.5. The van der Waals surface area contributed by atoms with E-state index in [2.05, 4.69) is 0 Å². The van der Waals surface area contributed by atoms with Crippen molar-refractivity contribution in [2.45, 2.75) is 18.8 Å². The highest BCUT2D eigenvalue weighted by Gasteiger charge is 2.48. The van der Waals surface area contributed by atoms with Crippen LogP contribution in [0.15, 0.2) is 17.7 Å². The van der Waals surface area contributed by atoms with Crippen molar-refractivity contribution in [3.63, 3.8) is 0 Å². The molecule has 0 unspecified atom stereocenters. The van der Waals surface area contributed by atoms with Crippen molar-refractivity contribution in [1.82, 2.24) is 0 Å². The number of benzene rings is 1. The molecule has 1 aromatic rings. The third-order valence-corrected chi connectivity index (χ3v) is 2.85. The molecule has 1 rings (SSSR count). The molecule has 0 heterocycles. The van der Waals surface area contributed by atoms with Gasteiger partial charge in [0.1, 0.15) is 0 Å². The number of alkyl halides is 6. The molecule has 146 valence electrons. The van der Waals surface area contributed by atoms with Gasteiger partial charge in [0.25, 0.3) is 6.08 Å². The highest BCUT2D eigenvalue weighted by Crippen LogP contribution is 2.46. The second-order valence-electron chi connectivity index (χ2n) is 4.49. The first-order valence-corrected chi connectivity index (χ1v) is 6.01. The third kappa shape index (κ3) is 4.30. The molecule has 0 aliphatic heterocycles. The van der Waals surface area contributed by atoms with E-state index in [0.717, 1.165) is 0 Å². The van der Waals surface area contributed by atoms with Gasteiger partial charge in [0.15, 0.2) is 23.3 Å². The van der Waals surface area contributed by atoms with E-state index in [1.165, 1.54) is 0 Å². The molecule has 0 aliphatic rings. The molecule has 0 bridgehead atoms. The van der Waals surface area contributed by atoms with Crippen LogP contribution in [0.2, 0.25) is 0 Å². The zero-order valence-electron chi connectivity index (χ0n) is 11.7. The Hall–Kier alpha value is -2.21. The van der Waals surface area contributed by atoms with E-state index in [9.17, 15) is 57.1 Å². The molecule has 0 nitrogen and oxygen atoms in total. The summed E-state index contributed by atoms with van der Waals surface area (Å²) in [7, 11) is 0. The number of rotatable bonds is 3. The smallest absolute Gasteiger partial charge is 0.203 e. The minimum Gasteiger partial charge on any atom is -0.203 e. The summed E-state index contributed by atoms with van der Waals surface area (Å²) in [5.74, 6) is -15.2. The van der Waals surface area contributed by atoms with Crippen LogP contribution in [-0.4, -0.2) is 12.4 Å². The van der Waals surface area contributed by atoms with Crippen LogP contribution in [0.1, 0.15) is 12.0 Å². The topological polar surface area (TPSA) is 0 Å². The minimum absolute atomic E-state index is 0.666. The molecule has 0 radical (unpaired) electrons. The van der Waals surface area contributed by atoms with E-state index in [1.807, 2.05) is 0 Å². The monoisotopic (exact) mass is 406 g/mol. The minimum atomic E-state index is -6.30. The fourth-order valence-electron chi connectivity index (χ4n) is 1.83. The SMILES string of the molecule is FC(F)=CC/C(=C(\c1c(F)c(F)c(F)c(F)c1F)C(F)(F)F)C(F)(F)F. The predicted molar refractivity (Wildman–Crippen MR) is 60.2 cm³/mol. The Morgan fingerprint density at radius 2 is 1.04 bits per heavy atom. The van der Waals surface area contributed by atoms with Crippen molar-refractivity contribution in [1.29, 1.82) is 0 Å². The normalized spacial score (nSPS) is 13.6. The molecule has 0 saturated carbocycles. The maximum Gasteiger partial charge on any atom is 0.417 e. The quantitative estimate of drug-likeness (QED) is 0.308. The van der Waals surface area contributed by atoms with E-state index in [-0.39, 0.29) is 0 Å². The van der Waals surface area contributed by atoms with Crippen molar-refractivity contribution in [2.24, 2.45) is 0 Å². The summed E-state index contributed by atoms with van der Waals surface area (Å²) < 4.78 is 168. The molecule has 13 heteroatoms. The van der Waals surface area contributed by atoms with Crippen LogP contribution in [0, 0.1) is 29.1 Å². The van der Waals surface area contributed by atoms with Gasteiger partial charge in [-0.3, -0.25) is 0 Å². The lowest BCUT2D eigenvalue weighted by Gasteiger charge is -2.21. The number of allylic oxidation sites excluding steroid dienone is 3. The average Bonchev–Trinajstić information content (AvgIpc) is 2.47. The zero-order chi connectivity index (χ0) is 20.6. The molecule has 0 fully saturated rings.